The molecule has 0 amide bonds. The van der Waals surface area contributed by atoms with E-state index in [-0.39, 0.29) is 6.17 Å². The number of hydrogen-bond acceptors (Lipinski definition) is 5. The Labute approximate surface area is 66.3 Å². The Morgan fingerprint density at radius 2 is 1.73 bits per heavy atom. The van der Waals surface area contributed by atoms with Crippen molar-refractivity contribution < 1.29 is 18.1 Å². The van der Waals surface area contributed by atoms with Crippen molar-refractivity contribution in [2.45, 2.75) is 0 Å². The fraction of sp³-hybridized carbons (Fsp3) is 0.800. The maximum atomic E-state index is 9.76. The SMILES string of the molecule is CO[Si](CN=C=O)(OC)OC. The van der Waals surface area contributed by atoms with Crippen molar-refractivity contribution in [1.29, 1.82) is 0 Å². The third-order valence-electron chi connectivity index (χ3n) is 1.27. The average Bonchev–Trinajstić information content (AvgIpc) is 2.08. The zero-order chi connectivity index (χ0) is 8.74. The molecule has 0 fully saturated rings. The molecule has 0 aliphatic heterocycles. The molecule has 5 nitrogen and oxygen atoms in total. The van der Waals surface area contributed by atoms with Crippen molar-refractivity contribution in [2.75, 3.05) is 27.5 Å². The smallest absolute Gasteiger partial charge is 0.376 e. The first kappa shape index (κ1) is 10.5. The molecule has 0 aliphatic rings. The zero-order valence-corrected chi connectivity index (χ0v) is 7.79. The molecule has 11 heavy (non-hydrogen) atoms. The van der Waals surface area contributed by atoms with Gasteiger partial charge in [-0.15, -0.1) is 0 Å². The number of rotatable bonds is 5. The molecule has 0 unspecified atom stereocenters. The molecule has 6 heteroatoms. The van der Waals surface area contributed by atoms with Gasteiger partial charge in [-0.2, -0.15) is 0 Å². The highest BCUT2D eigenvalue weighted by atomic mass is 28.4. The fourth-order valence-corrected chi connectivity index (χ4v) is 1.72. The number of carbonyl (C=O) groups excluding carboxylic acids is 1. The van der Waals surface area contributed by atoms with E-state index in [1.807, 2.05) is 0 Å². The van der Waals surface area contributed by atoms with Crippen LogP contribution in [0.4, 0.5) is 0 Å². The summed E-state index contributed by atoms with van der Waals surface area (Å²) in [5.74, 6) is 0. The summed E-state index contributed by atoms with van der Waals surface area (Å²) in [6, 6.07) is 0. The van der Waals surface area contributed by atoms with E-state index in [4.69, 9.17) is 13.3 Å². The summed E-state index contributed by atoms with van der Waals surface area (Å²) in [6.45, 7) is 0. The van der Waals surface area contributed by atoms with Crippen molar-refractivity contribution in [3.8, 4) is 0 Å². The van der Waals surface area contributed by atoms with Gasteiger partial charge in [0.1, 0.15) is 6.17 Å². The zero-order valence-electron chi connectivity index (χ0n) is 6.79. The number of aliphatic imine (C=N–C) groups is 1. The van der Waals surface area contributed by atoms with Crippen LogP contribution in [0.25, 0.3) is 0 Å². The van der Waals surface area contributed by atoms with Crippen LogP contribution in [0.15, 0.2) is 4.99 Å². The molecule has 0 aromatic heterocycles. The van der Waals surface area contributed by atoms with Gasteiger partial charge in [0.2, 0.25) is 6.08 Å². The maximum Gasteiger partial charge on any atom is 0.523 e. The standard InChI is InChI=1S/C5H11NO4Si/c1-8-11(9-2,10-3)5-6-4-7/h5H2,1-3H3. The predicted molar refractivity (Wildman–Crippen MR) is 39.8 cm³/mol. The number of isocyanates is 1. The van der Waals surface area contributed by atoms with E-state index in [0.717, 1.165) is 0 Å². The first-order valence-electron chi connectivity index (χ1n) is 2.93. The predicted octanol–water partition coefficient (Wildman–Crippen LogP) is -0.261. The lowest BCUT2D eigenvalue weighted by Crippen LogP contribution is -2.46. The van der Waals surface area contributed by atoms with E-state index in [1.54, 1.807) is 0 Å². The van der Waals surface area contributed by atoms with Crippen molar-refractivity contribution in [3.63, 3.8) is 0 Å². The molecular weight excluding hydrogens is 166 g/mol. The Balaban J connectivity index is 4.15. The highest BCUT2D eigenvalue weighted by Gasteiger charge is 2.37. The van der Waals surface area contributed by atoms with E-state index in [0.29, 0.717) is 0 Å². The van der Waals surface area contributed by atoms with Crippen LogP contribution in [0.1, 0.15) is 0 Å². The van der Waals surface area contributed by atoms with Crippen molar-refractivity contribution >= 4 is 14.9 Å². The van der Waals surface area contributed by atoms with Crippen LogP contribution in [-0.2, 0) is 18.1 Å². The topological polar surface area (TPSA) is 57.1 Å². The van der Waals surface area contributed by atoms with Gasteiger partial charge in [-0.05, 0) is 0 Å². The molecule has 0 rings (SSSR count). The molecule has 0 saturated heterocycles. The lowest BCUT2D eigenvalue weighted by Gasteiger charge is -2.21. The van der Waals surface area contributed by atoms with Gasteiger partial charge in [-0.25, -0.2) is 9.79 Å². The van der Waals surface area contributed by atoms with E-state index in [1.165, 1.54) is 27.4 Å². The van der Waals surface area contributed by atoms with Gasteiger partial charge in [-0.1, -0.05) is 0 Å². The van der Waals surface area contributed by atoms with Crippen LogP contribution < -0.4 is 0 Å². The van der Waals surface area contributed by atoms with Gasteiger partial charge >= 0.3 is 8.80 Å². The van der Waals surface area contributed by atoms with Crippen LogP contribution >= 0.6 is 0 Å². The first-order valence-corrected chi connectivity index (χ1v) is 4.87. The third kappa shape index (κ3) is 2.92. The van der Waals surface area contributed by atoms with Gasteiger partial charge in [-0.3, -0.25) is 0 Å². The summed E-state index contributed by atoms with van der Waals surface area (Å²) >= 11 is 0. The molecule has 0 atom stereocenters. The Morgan fingerprint density at radius 3 is 2.00 bits per heavy atom. The Kier molecular flexibility index (Phi) is 4.92. The molecule has 0 spiro atoms. The van der Waals surface area contributed by atoms with Gasteiger partial charge in [0.25, 0.3) is 0 Å². The highest BCUT2D eigenvalue weighted by molar-refractivity contribution is 6.60. The van der Waals surface area contributed by atoms with Crippen molar-refractivity contribution in [3.05, 3.63) is 0 Å². The first-order chi connectivity index (χ1) is 5.24. The average molecular weight is 177 g/mol. The van der Waals surface area contributed by atoms with Gasteiger partial charge in [0.15, 0.2) is 0 Å². The highest BCUT2D eigenvalue weighted by Crippen LogP contribution is 2.04. The van der Waals surface area contributed by atoms with E-state index >= 15 is 0 Å². The summed E-state index contributed by atoms with van der Waals surface area (Å²) in [5, 5.41) is 0. The van der Waals surface area contributed by atoms with Crippen molar-refractivity contribution in [2.24, 2.45) is 4.99 Å². The second-order valence-corrected chi connectivity index (χ2v) is 4.61. The minimum atomic E-state index is -2.67. The quantitative estimate of drug-likeness (QED) is 0.330. The molecule has 0 bridgehead atoms. The minimum absolute atomic E-state index is 0.111. The van der Waals surface area contributed by atoms with Crippen LogP contribution in [0.5, 0.6) is 0 Å². The monoisotopic (exact) mass is 177 g/mol. The molecule has 0 radical (unpaired) electrons. The molecule has 0 aromatic rings. The molecule has 0 heterocycles. The van der Waals surface area contributed by atoms with E-state index < -0.39 is 8.80 Å². The molecule has 0 N–H and O–H groups in total. The minimum Gasteiger partial charge on any atom is -0.376 e. The van der Waals surface area contributed by atoms with Crippen molar-refractivity contribution in [1.82, 2.24) is 0 Å². The van der Waals surface area contributed by atoms with Gasteiger partial charge in [0, 0.05) is 21.3 Å². The lowest BCUT2D eigenvalue weighted by molar-refractivity contribution is 0.125. The van der Waals surface area contributed by atoms with Crippen LogP contribution in [0.2, 0.25) is 0 Å². The Morgan fingerprint density at radius 1 is 1.27 bits per heavy atom. The van der Waals surface area contributed by atoms with Crippen LogP contribution in [0.3, 0.4) is 0 Å². The molecule has 0 saturated carbocycles. The normalized spacial score (nSPS) is 10.8. The third-order valence-corrected chi connectivity index (χ3v) is 3.68. The van der Waals surface area contributed by atoms with Gasteiger partial charge < -0.3 is 13.3 Å². The molecule has 0 aliphatic carbocycles. The number of nitrogens with zero attached hydrogens (tertiary/aromatic N) is 1. The summed E-state index contributed by atoms with van der Waals surface area (Å²) in [6.07, 6.45) is 1.51. The van der Waals surface area contributed by atoms with E-state index in [2.05, 4.69) is 4.99 Å². The second kappa shape index (κ2) is 5.17. The maximum absolute atomic E-state index is 9.76. The second-order valence-electron chi connectivity index (χ2n) is 1.70. The lowest BCUT2D eigenvalue weighted by atomic mass is 11.4. The summed E-state index contributed by atoms with van der Waals surface area (Å²) in [7, 11) is 1.71. The largest absolute Gasteiger partial charge is 0.523 e. The Bertz CT molecular complexity index is 144. The summed E-state index contributed by atoms with van der Waals surface area (Å²) in [4.78, 5) is 13.1. The van der Waals surface area contributed by atoms with E-state index in [9.17, 15) is 4.79 Å². The molecule has 64 valence electrons. The molecular formula is C5H11NO4Si. The Hall–Kier alpha value is -0.523. The summed E-state index contributed by atoms with van der Waals surface area (Å²) in [5.41, 5.74) is 0. The number of hydrogen-bond donors (Lipinski definition) is 0. The fourth-order valence-electron chi connectivity index (χ4n) is 0.573. The summed E-state index contributed by atoms with van der Waals surface area (Å²) < 4.78 is 14.9. The molecule has 0 aromatic carbocycles. The van der Waals surface area contributed by atoms with Crippen LogP contribution in [-0.4, -0.2) is 42.4 Å². The van der Waals surface area contributed by atoms with Crippen LogP contribution in [0, 0.1) is 0 Å². The van der Waals surface area contributed by atoms with Gasteiger partial charge in [0.05, 0.1) is 0 Å².